The molecule has 2 saturated heterocycles. The van der Waals surface area contributed by atoms with Gasteiger partial charge in [-0.1, -0.05) is 0 Å². The van der Waals surface area contributed by atoms with Crippen LogP contribution >= 0.6 is 0 Å². The number of alkyl halides is 3. The number of nitrogens with zero attached hydrogens (tertiary/aromatic N) is 3. The molecule has 0 aliphatic carbocycles. The molecule has 0 unspecified atom stereocenters. The van der Waals surface area contributed by atoms with Crippen molar-refractivity contribution in [3.63, 3.8) is 0 Å². The van der Waals surface area contributed by atoms with E-state index in [0.717, 1.165) is 0 Å². The van der Waals surface area contributed by atoms with Crippen molar-refractivity contribution in [3.05, 3.63) is 36.3 Å². The fraction of sp³-hybridized carbons (Fsp3) is 0.556. The van der Waals surface area contributed by atoms with Gasteiger partial charge in [0.15, 0.2) is 17.3 Å². The van der Waals surface area contributed by atoms with Gasteiger partial charge in [0.2, 0.25) is 0 Å². The molecule has 13 heteroatoms. The molecular formula is C18H21F3N6O4. The van der Waals surface area contributed by atoms with Crippen LogP contribution in [0.2, 0.25) is 0 Å². The van der Waals surface area contributed by atoms with E-state index in [1.54, 1.807) is 13.8 Å². The van der Waals surface area contributed by atoms with Crippen LogP contribution in [0.15, 0.2) is 24.8 Å². The normalized spacial score (nSPS) is 27.5. The molecule has 2 aromatic rings. The Morgan fingerprint density at radius 3 is 2.77 bits per heavy atom. The molecule has 4 atom stereocenters. The Bertz CT molecular complexity index is 923. The molecular weight excluding hydrogens is 421 g/mol. The average molecular weight is 442 g/mol. The first-order chi connectivity index (χ1) is 14.6. The Balaban J connectivity index is 1.45. The number of hydrogen-bond donors (Lipinski definition) is 3. The lowest BCUT2D eigenvalue weighted by Gasteiger charge is -2.37. The summed E-state index contributed by atoms with van der Waals surface area (Å²) >= 11 is 0. The number of nitrogens with one attached hydrogen (secondary N) is 3. The van der Waals surface area contributed by atoms with Gasteiger partial charge >= 0.3 is 6.18 Å². The van der Waals surface area contributed by atoms with Gasteiger partial charge in [0.1, 0.15) is 24.1 Å². The highest BCUT2D eigenvalue weighted by molar-refractivity contribution is 5.90. The van der Waals surface area contributed by atoms with E-state index in [-0.39, 0.29) is 24.8 Å². The van der Waals surface area contributed by atoms with Crippen molar-refractivity contribution >= 4 is 11.7 Å². The molecule has 2 aliphatic rings. The van der Waals surface area contributed by atoms with Gasteiger partial charge in [-0.15, -0.1) is 0 Å². The number of H-pyrrole nitrogens is 1. The number of aromatic amines is 1. The van der Waals surface area contributed by atoms with Gasteiger partial charge in [-0.3, -0.25) is 9.78 Å². The van der Waals surface area contributed by atoms with Gasteiger partial charge in [-0.2, -0.15) is 13.2 Å². The number of ether oxygens (including phenoxy) is 3. The number of aromatic nitrogens is 4. The number of rotatable bonds is 5. The zero-order valence-electron chi connectivity index (χ0n) is 16.6. The molecule has 3 N–H and O–H groups in total. The largest absolute Gasteiger partial charge is 0.434 e. The zero-order chi connectivity index (χ0) is 22.2. The van der Waals surface area contributed by atoms with Crippen molar-refractivity contribution in [2.24, 2.45) is 0 Å². The van der Waals surface area contributed by atoms with Crippen LogP contribution in [0, 0.1) is 0 Å². The monoisotopic (exact) mass is 442 g/mol. The summed E-state index contributed by atoms with van der Waals surface area (Å²) in [4.78, 5) is 25.9. The molecule has 0 aromatic carbocycles. The molecule has 4 heterocycles. The second kappa shape index (κ2) is 8.05. The highest BCUT2D eigenvalue weighted by Crippen LogP contribution is 2.36. The molecule has 0 bridgehead atoms. The highest BCUT2D eigenvalue weighted by Gasteiger charge is 2.52. The number of halogens is 3. The van der Waals surface area contributed by atoms with E-state index in [1.807, 2.05) is 0 Å². The lowest BCUT2D eigenvalue weighted by molar-refractivity contribution is -0.153. The predicted octanol–water partition coefficient (Wildman–Crippen LogP) is 1.35. The molecule has 0 spiro atoms. The van der Waals surface area contributed by atoms with Crippen molar-refractivity contribution in [2.75, 3.05) is 18.5 Å². The Hall–Kier alpha value is -2.77. The average Bonchev–Trinajstić information content (AvgIpc) is 3.34. The topological polar surface area (TPSA) is 123 Å². The van der Waals surface area contributed by atoms with Crippen molar-refractivity contribution < 1.29 is 32.2 Å². The molecule has 0 saturated carbocycles. The standard InChI is InChI=1S/C18H21F3N6O4/c1-17(2)30-13-9(26-12-7-22-6-11(27-12)18(19,20)21)8-29-10(14(13)31-17)5-25-16(28)15-23-3-4-24-15/h3-4,6-7,9-10,13-14H,5,8H2,1-2H3,(H,23,24)(H,25,28)(H,26,27)/t9-,10+,13+,14-/m0/s1. The van der Waals surface area contributed by atoms with E-state index >= 15 is 0 Å². The van der Waals surface area contributed by atoms with Gasteiger partial charge in [-0.25, -0.2) is 9.97 Å². The third-order valence-corrected chi connectivity index (χ3v) is 4.85. The third-order valence-electron chi connectivity index (χ3n) is 4.85. The first-order valence-electron chi connectivity index (χ1n) is 9.53. The van der Waals surface area contributed by atoms with E-state index in [4.69, 9.17) is 14.2 Å². The summed E-state index contributed by atoms with van der Waals surface area (Å²) in [5, 5.41) is 5.63. The fourth-order valence-electron chi connectivity index (χ4n) is 3.56. The molecule has 0 radical (unpaired) electrons. The van der Waals surface area contributed by atoms with Crippen LogP contribution in [0.25, 0.3) is 0 Å². The van der Waals surface area contributed by atoms with Crippen LogP contribution in [-0.2, 0) is 20.4 Å². The SMILES string of the molecule is CC1(C)O[C@@H]2[C@H](O1)[C@@H](Nc1cncc(C(F)(F)F)n1)CO[C@@H]2CNC(=O)c1ncc[nH]1. The van der Waals surface area contributed by atoms with Crippen LogP contribution in [0.5, 0.6) is 0 Å². The zero-order valence-corrected chi connectivity index (χ0v) is 16.6. The quantitative estimate of drug-likeness (QED) is 0.634. The highest BCUT2D eigenvalue weighted by atomic mass is 19.4. The molecule has 168 valence electrons. The smallest absolute Gasteiger partial charge is 0.371 e. The van der Waals surface area contributed by atoms with Crippen LogP contribution in [0.4, 0.5) is 19.0 Å². The number of imidazole rings is 1. The van der Waals surface area contributed by atoms with Crippen molar-refractivity contribution in [2.45, 2.75) is 50.2 Å². The number of carbonyl (C=O) groups is 1. The first kappa shape index (κ1) is 21.5. The van der Waals surface area contributed by atoms with Crippen LogP contribution in [0.3, 0.4) is 0 Å². The van der Waals surface area contributed by atoms with E-state index < -0.39 is 47.9 Å². The van der Waals surface area contributed by atoms with Crippen molar-refractivity contribution in [1.29, 1.82) is 0 Å². The van der Waals surface area contributed by atoms with Crippen LogP contribution < -0.4 is 10.6 Å². The van der Waals surface area contributed by atoms with Crippen LogP contribution in [-0.4, -0.2) is 69.1 Å². The maximum absolute atomic E-state index is 12.9. The molecule has 4 rings (SSSR count). The fourth-order valence-corrected chi connectivity index (χ4v) is 3.56. The van der Waals surface area contributed by atoms with Crippen LogP contribution in [0.1, 0.15) is 30.2 Å². The Kier molecular flexibility index (Phi) is 5.58. The van der Waals surface area contributed by atoms with E-state index in [9.17, 15) is 18.0 Å². The summed E-state index contributed by atoms with van der Waals surface area (Å²) in [6.45, 7) is 3.69. The number of amides is 1. The number of carbonyl (C=O) groups excluding carboxylic acids is 1. The first-order valence-corrected chi connectivity index (χ1v) is 9.53. The Labute approximate surface area is 174 Å². The lowest BCUT2D eigenvalue weighted by atomic mass is 9.98. The second-order valence-electron chi connectivity index (χ2n) is 7.62. The minimum atomic E-state index is -4.61. The predicted molar refractivity (Wildman–Crippen MR) is 98.9 cm³/mol. The molecule has 31 heavy (non-hydrogen) atoms. The molecule has 2 aromatic heterocycles. The van der Waals surface area contributed by atoms with Gasteiger partial charge in [0, 0.05) is 18.9 Å². The number of anilines is 1. The summed E-state index contributed by atoms with van der Waals surface area (Å²) in [6, 6.07) is -0.540. The summed E-state index contributed by atoms with van der Waals surface area (Å²) in [7, 11) is 0. The summed E-state index contributed by atoms with van der Waals surface area (Å²) < 4.78 is 56.6. The maximum atomic E-state index is 12.9. The molecule has 10 nitrogen and oxygen atoms in total. The van der Waals surface area contributed by atoms with Gasteiger partial charge < -0.3 is 29.8 Å². The summed E-state index contributed by atoms with van der Waals surface area (Å²) in [6.07, 6.45) is -1.42. The Morgan fingerprint density at radius 1 is 1.29 bits per heavy atom. The maximum Gasteiger partial charge on any atom is 0.434 e. The Morgan fingerprint density at radius 2 is 2.06 bits per heavy atom. The van der Waals surface area contributed by atoms with Gasteiger partial charge in [0.25, 0.3) is 5.91 Å². The second-order valence-corrected chi connectivity index (χ2v) is 7.62. The number of hydrogen-bond acceptors (Lipinski definition) is 8. The van der Waals surface area contributed by atoms with E-state index in [2.05, 4.69) is 30.6 Å². The summed E-state index contributed by atoms with van der Waals surface area (Å²) in [5.74, 6) is -1.23. The van der Waals surface area contributed by atoms with Gasteiger partial charge in [-0.05, 0) is 13.8 Å². The third kappa shape index (κ3) is 4.78. The van der Waals surface area contributed by atoms with Crippen molar-refractivity contribution in [1.82, 2.24) is 25.3 Å². The number of fused-ring (bicyclic) bond motifs is 1. The van der Waals surface area contributed by atoms with E-state index in [0.29, 0.717) is 6.20 Å². The van der Waals surface area contributed by atoms with Gasteiger partial charge in [0.05, 0.1) is 25.0 Å². The summed E-state index contributed by atoms with van der Waals surface area (Å²) in [5.41, 5.74) is -1.10. The minimum Gasteiger partial charge on any atom is -0.371 e. The molecule has 2 aliphatic heterocycles. The molecule has 1 amide bonds. The van der Waals surface area contributed by atoms with E-state index in [1.165, 1.54) is 18.6 Å². The van der Waals surface area contributed by atoms with Crippen molar-refractivity contribution in [3.8, 4) is 0 Å². The minimum absolute atomic E-state index is 0.0555. The lowest BCUT2D eigenvalue weighted by Crippen LogP contribution is -2.57. The molecule has 2 fully saturated rings.